The lowest BCUT2D eigenvalue weighted by atomic mass is 10.2. The molecule has 0 spiro atoms. The van der Waals surface area contributed by atoms with E-state index in [9.17, 15) is 9.59 Å². The Labute approximate surface area is 117 Å². The summed E-state index contributed by atoms with van der Waals surface area (Å²) < 4.78 is 1.44. The molecule has 1 heterocycles. The maximum atomic E-state index is 11.8. The zero-order valence-electron chi connectivity index (χ0n) is 11.3. The van der Waals surface area contributed by atoms with Crippen molar-refractivity contribution in [2.24, 2.45) is 0 Å². The molecular formula is C13H20N2O3S. The molecule has 0 radical (unpaired) electrons. The van der Waals surface area contributed by atoms with Gasteiger partial charge in [0, 0.05) is 12.2 Å². The van der Waals surface area contributed by atoms with E-state index in [0.29, 0.717) is 0 Å². The number of aromatic nitrogens is 1. The van der Waals surface area contributed by atoms with Crippen molar-refractivity contribution < 1.29 is 14.7 Å². The van der Waals surface area contributed by atoms with Crippen molar-refractivity contribution in [3.63, 3.8) is 0 Å². The van der Waals surface area contributed by atoms with Crippen LogP contribution in [0.25, 0.3) is 0 Å². The van der Waals surface area contributed by atoms with Crippen LogP contribution in [0.15, 0.2) is 18.3 Å². The third-order valence-corrected chi connectivity index (χ3v) is 3.60. The van der Waals surface area contributed by atoms with Crippen molar-refractivity contribution in [1.29, 1.82) is 0 Å². The fraction of sp³-hybridized carbons (Fsp3) is 0.538. The number of nitrogens with one attached hydrogen (secondary N) is 1. The van der Waals surface area contributed by atoms with E-state index in [4.69, 9.17) is 5.11 Å². The highest BCUT2D eigenvalue weighted by Crippen LogP contribution is 2.05. The summed E-state index contributed by atoms with van der Waals surface area (Å²) in [5, 5.41) is 11.8. The van der Waals surface area contributed by atoms with Gasteiger partial charge < -0.3 is 15.0 Å². The molecule has 0 aliphatic heterocycles. The predicted molar refractivity (Wildman–Crippen MR) is 76.6 cm³/mol. The topological polar surface area (TPSA) is 71.3 Å². The van der Waals surface area contributed by atoms with Crippen molar-refractivity contribution >= 4 is 23.6 Å². The van der Waals surface area contributed by atoms with Crippen LogP contribution in [0.3, 0.4) is 0 Å². The Kier molecular flexibility index (Phi) is 6.49. The van der Waals surface area contributed by atoms with Crippen LogP contribution in [0.2, 0.25) is 0 Å². The number of amides is 1. The van der Waals surface area contributed by atoms with E-state index in [1.165, 1.54) is 10.6 Å². The molecule has 1 rings (SSSR count). The van der Waals surface area contributed by atoms with Crippen LogP contribution in [0.5, 0.6) is 0 Å². The summed E-state index contributed by atoms with van der Waals surface area (Å²) in [6.45, 7) is 4.11. The molecule has 0 aromatic carbocycles. The van der Waals surface area contributed by atoms with Crippen molar-refractivity contribution in [3.8, 4) is 0 Å². The molecule has 0 bridgehead atoms. The summed E-state index contributed by atoms with van der Waals surface area (Å²) in [5.41, 5.74) is 0.129. The van der Waals surface area contributed by atoms with Gasteiger partial charge in [-0.05, 0) is 37.0 Å². The highest BCUT2D eigenvalue weighted by molar-refractivity contribution is 7.99. The minimum atomic E-state index is -1.02. The number of hydrogen-bond donors (Lipinski definition) is 2. The van der Waals surface area contributed by atoms with E-state index < -0.39 is 5.97 Å². The molecule has 1 unspecified atom stereocenters. The largest absolute Gasteiger partial charge is 0.477 e. The molecule has 0 aliphatic rings. The average Bonchev–Trinajstić information content (AvgIpc) is 2.77. The van der Waals surface area contributed by atoms with Gasteiger partial charge >= 0.3 is 5.97 Å². The SMILES string of the molecule is CCSCCC(C)NC(=O)Cn1cccc1C(=O)O. The Balaban J connectivity index is 2.42. The van der Waals surface area contributed by atoms with Gasteiger partial charge in [0.25, 0.3) is 0 Å². The van der Waals surface area contributed by atoms with Gasteiger partial charge in [0.05, 0.1) is 0 Å². The van der Waals surface area contributed by atoms with Crippen LogP contribution in [-0.4, -0.2) is 39.1 Å². The molecule has 2 N–H and O–H groups in total. The molecule has 1 atom stereocenters. The molecule has 19 heavy (non-hydrogen) atoms. The lowest BCUT2D eigenvalue weighted by Gasteiger charge is -2.14. The van der Waals surface area contributed by atoms with Gasteiger partial charge in [-0.2, -0.15) is 11.8 Å². The van der Waals surface area contributed by atoms with Gasteiger partial charge in [0.1, 0.15) is 12.2 Å². The Morgan fingerprint density at radius 1 is 1.53 bits per heavy atom. The second-order valence-corrected chi connectivity index (χ2v) is 5.67. The van der Waals surface area contributed by atoms with Crippen LogP contribution >= 0.6 is 11.8 Å². The Morgan fingerprint density at radius 2 is 2.26 bits per heavy atom. The smallest absolute Gasteiger partial charge is 0.352 e. The van der Waals surface area contributed by atoms with E-state index in [2.05, 4.69) is 12.2 Å². The molecule has 0 saturated heterocycles. The van der Waals surface area contributed by atoms with Crippen molar-refractivity contribution in [2.75, 3.05) is 11.5 Å². The number of thioether (sulfide) groups is 1. The standard InChI is InChI=1S/C13H20N2O3S/c1-3-19-8-6-10(2)14-12(16)9-15-7-4-5-11(15)13(17)18/h4-5,7,10H,3,6,8-9H2,1-2H3,(H,14,16)(H,17,18). The fourth-order valence-corrected chi connectivity index (χ4v) is 2.51. The number of rotatable bonds is 8. The number of aromatic carboxylic acids is 1. The van der Waals surface area contributed by atoms with Crippen molar-refractivity contribution in [2.45, 2.75) is 32.9 Å². The lowest BCUT2D eigenvalue weighted by Crippen LogP contribution is -2.35. The highest BCUT2D eigenvalue weighted by atomic mass is 32.2. The molecule has 1 aromatic rings. The molecule has 106 valence electrons. The summed E-state index contributed by atoms with van der Waals surface area (Å²) in [6.07, 6.45) is 2.52. The first-order valence-electron chi connectivity index (χ1n) is 6.30. The highest BCUT2D eigenvalue weighted by Gasteiger charge is 2.13. The minimum absolute atomic E-state index is 0.0416. The molecule has 1 amide bonds. The van der Waals surface area contributed by atoms with E-state index in [1.54, 1.807) is 12.3 Å². The zero-order valence-corrected chi connectivity index (χ0v) is 12.1. The molecule has 0 fully saturated rings. The zero-order chi connectivity index (χ0) is 14.3. The monoisotopic (exact) mass is 284 g/mol. The van der Waals surface area contributed by atoms with Crippen LogP contribution in [0, 0.1) is 0 Å². The maximum absolute atomic E-state index is 11.8. The number of carbonyl (C=O) groups is 2. The summed E-state index contributed by atoms with van der Waals surface area (Å²) in [5.74, 6) is 0.909. The number of hydrogen-bond acceptors (Lipinski definition) is 3. The van der Waals surface area contributed by atoms with Crippen LogP contribution < -0.4 is 5.32 Å². The minimum Gasteiger partial charge on any atom is -0.477 e. The van der Waals surface area contributed by atoms with E-state index in [1.807, 2.05) is 18.7 Å². The van der Waals surface area contributed by atoms with Crippen molar-refractivity contribution in [1.82, 2.24) is 9.88 Å². The maximum Gasteiger partial charge on any atom is 0.352 e. The quantitative estimate of drug-likeness (QED) is 0.715. The first-order chi connectivity index (χ1) is 9.04. The van der Waals surface area contributed by atoms with Gasteiger partial charge in [0.2, 0.25) is 5.91 Å². The summed E-state index contributed by atoms with van der Waals surface area (Å²) in [6, 6.07) is 3.21. The fourth-order valence-electron chi connectivity index (χ4n) is 1.70. The molecule has 0 saturated carbocycles. The summed E-state index contributed by atoms with van der Waals surface area (Å²) in [4.78, 5) is 22.7. The Hall–Kier alpha value is -1.43. The first-order valence-corrected chi connectivity index (χ1v) is 7.45. The second kappa shape index (κ2) is 7.89. The van der Waals surface area contributed by atoms with Crippen LogP contribution in [-0.2, 0) is 11.3 Å². The third kappa shape index (κ3) is 5.38. The van der Waals surface area contributed by atoms with Crippen molar-refractivity contribution in [3.05, 3.63) is 24.0 Å². The van der Waals surface area contributed by atoms with Crippen LogP contribution in [0.1, 0.15) is 30.8 Å². The van der Waals surface area contributed by atoms with Gasteiger partial charge in [-0.3, -0.25) is 4.79 Å². The van der Waals surface area contributed by atoms with Gasteiger partial charge in [-0.1, -0.05) is 6.92 Å². The molecule has 0 aliphatic carbocycles. The first kappa shape index (κ1) is 15.6. The summed E-state index contributed by atoms with van der Waals surface area (Å²) in [7, 11) is 0. The van der Waals surface area contributed by atoms with Gasteiger partial charge in [0.15, 0.2) is 0 Å². The van der Waals surface area contributed by atoms with E-state index in [-0.39, 0.29) is 24.2 Å². The Morgan fingerprint density at radius 3 is 2.89 bits per heavy atom. The summed E-state index contributed by atoms with van der Waals surface area (Å²) >= 11 is 1.84. The molecule has 6 heteroatoms. The van der Waals surface area contributed by atoms with E-state index in [0.717, 1.165) is 17.9 Å². The number of carbonyl (C=O) groups excluding carboxylic acids is 1. The number of nitrogens with zero attached hydrogens (tertiary/aromatic N) is 1. The number of carboxylic acid groups (broad SMARTS) is 1. The number of carboxylic acids is 1. The second-order valence-electron chi connectivity index (χ2n) is 4.28. The average molecular weight is 284 g/mol. The normalized spacial score (nSPS) is 12.1. The van der Waals surface area contributed by atoms with Gasteiger partial charge in [-0.25, -0.2) is 4.79 Å². The van der Waals surface area contributed by atoms with Crippen LogP contribution in [0.4, 0.5) is 0 Å². The van der Waals surface area contributed by atoms with E-state index >= 15 is 0 Å². The predicted octanol–water partition coefficient (Wildman–Crippen LogP) is 1.83. The molecule has 5 nitrogen and oxygen atoms in total. The molecular weight excluding hydrogens is 264 g/mol. The third-order valence-electron chi connectivity index (χ3n) is 2.67. The van der Waals surface area contributed by atoms with Gasteiger partial charge in [-0.15, -0.1) is 0 Å². The molecule has 1 aromatic heterocycles. The Bertz CT molecular complexity index is 431. The lowest BCUT2D eigenvalue weighted by molar-refractivity contribution is -0.122.